The van der Waals surface area contributed by atoms with E-state index in [1.165, 1.54) is 11.5 Å². The molecule has 0 aliphatic carbocycles. The van der Waals surface area contributed by atoms with Crippen LogP contribution in [0.4, 0.5) is 0 Å². The van der Waals surface area contributed by atoms with Gasteiger partial charge in [-0.1, -0.05) is 6.92 Å². The molecule has 1 heterocycles. The normalized spacial score (nSPS) is 10.2. The molecule has 0 atom stereocenters. The molecule has 90 valence electrons. The number of nitrogens with zero attached hydrogens (tertiary/aromatic N) is 2. The van der Waals surface area contributed by atoms with Gasteiger partial charge in [0.15, 0.2) is 0 Å². The van der Waals surface area contributed by atoms with Gasteiger partial charge < -0.3 is 9.47 Å². The van der Waals surface area contributed by atoms with Gasteiger partial charge in [-0.3, -0.25) is 0 Å². The zero-order valence-electron chi connectivity index (χ0n) is 9.84. The Kier molecular flexibility index (Phi) is 3.93. The Bertz CT molecular complexity index is 468. The van der Waals surface area contributed by atoms with E-state index in [1.807, 2.05) is 31.2 Å². The molecule has 1 aromatic heterocycles. The summed E-state index contributed by atoms with van der Waals surface area (Å²) in [4.78, 5) is 4.13. The Balaban J connectivity index is 1.98. The summed E-state index contributed by atoms with van der Waals surface area (Å²) in [7, 11) is 0. The summed E-state index contributed by atoms with van der Waals surface area (Å²) >= 11 is 1.25. The van der Waals surface area contributed by atoms with Gasteiger partial charge in [-0.25, -0.2) is 0 Å². The van der Waals surface area contributed by atoms with E-state index < -0.39 is 0 Å². The third-order valence-corrected chi connectivity index (χ3v) is 2.70. The van der Waals surface area contributed by atoms with Gasteiger partial charge in [0.05, 0.1) is 6.61 Å². The van der Waals surface area contributed by atoms with Crippen molar-refractivity contribution < 1.29 is 9.47 Å². The summed E-state index contributed by atoms with van der Waals surface area (Å²) in [6, 6.07) is 7.50. The van der Waals surface area contributed by atoms with Gasteiger partial charge in [0.2, 0.25) is 0 Å². The Morgan fingerprint density at radius 1 is 1.18 bits per heavy atom. The molecule has 2 aromatic rings. The first-order valence-corrected chi connectivity index (χ1v) is 6.26. The summed E-state index contributed by atoms with van der Waals surface area (Å²) in [5.41, 5.74) is 0. The van der Waals surface area contributed by atoms with Crippen LogP contribution in [0.3, 0.4) is 0 Å². The molecular formula is C12H14N2O2S. The molecule has 0 spiro atoms. The van der Waals surface area contributed by atoms with Gasteiger partial charge >= 0.3 is 0 Å². The maximum absolute atomic E-state index is 5.55. The fourth-order valence-corrected chi connectivity index (χ4v) is 1.80. The van der Waals surface area contributed by atoms with Crippen molar-refractivity contribution in [2.24, 2.45) is 0 Å². The van der Waals surface area contributed by atoms with Gasteiger partial charge in [0.1, 0.15) is 17.3 Å². The molecule has 0 unspecified atom stereocenters. The number of hydrogen-bond acceptors (Lipinski definition) is 5. The van der Waals surface area contributed by atoms with Crippen molar-refractivity contribution in [1.29, 1.82) is 0 Å². The number of benzene rings is 1. The van der Waals surface area contributed by atoms with Crippen LogP contribution in [0.5, 0.6) is 16.7 Å². The second-order valence-corrected chi connectivity index (χ2v) is 4.24. The van der Waals surface area contributed by atoms with E-state index in [4.69, 9.17) is 9.47 Å². The van der Waals surface area contributed by atoms with Gasteiger partial charge in [-0.05, 0) is 37.6 Å². The fraction of sp³-hybridized carbons (Fsp3) is 0.333. The number of aromatic nitrogens is 2. The Morgan fingerprint density at radius 2 is 1.88 bits per heavy atom. The van der Waals surface area contributed by atoms with Crippen LogP contribution >= 0.6 is 11.5 Å². The van der Waals surface area contributed by atoms with Crippen molar-refractivity contribution in [1.82, 2.24) is 9.36 Å². The first kappa shape index (κ1) is 11.9. The largest absolute Gasteiger partial charge is 0.494 e. The number of aryl methyl sites for hydroxylation is 1. The molecule has 0 N–H and O–H groups in total. The zero-order chi connectivity index (χ0) is 12.1. The van der Waals surface area contributed by atoms with E-state index in [0.717, 1.165) is 30.4 Å². The summed E-state index contributed by atoms with van der Waals surface area (Å²) in [5.74, 6) is 2.32. The lowest BCUT2D eigenvalue weighted by molar-refractivity contribution is 0.317. The van der Waals surface area contributed by atoms with Crippen molar-refractivity contribution in [2.75, 3.05) is 6.61 Å². The van der Waals surface area contributed by atoms with Crippen LogP contribution in [-0.4, -0.2) is 16.0 Å². The van der Waals surface area contributed by atoms with Gasteiger partial charge in [-0.15, -0.1) is 0 Å². The summed E-state index contributed by atoms with van der Waals surface area (Å²) < 4.78 is 15.1. The maximum Gasteiger partial charge on any atom is 0.298 e. The predicted octanol–water partition coefficient (Wildman–Crippen LogP) is 3.43. The third kappa shape index (κ3) is 3.42. The monoisotopic (exact) mass is 250 g/mol. The van der Waals surface area contributed by atoms with Crippen molar-refractivity contribution in [3.63, 3.8) is 0 Å². The molecule has 17 heavy (non-hydrogen) atoms. The predicted molar refractivity (Wildman–Crippen MR) is 66.9 cm³/mol. The minimum Gasteiger partial charge on any atom is -0.494 e. The van der Waals surface area contributed by atoms with Crippen LogP contribution in [0.1, 0.15) is 19.2 Å². The van der Waals surface area contributed by atoms with Gasteiger partial charge in [0, 0.05) is 11.5 Å². The molecule has 0 fully saturated rings. The van der Waals surface area contributed by atoms with E-state index in [0.29, 0.717) is 5.19 Å². The number of ether oxygens (including phenoxy) is 2. The molecule has 4 nitrogen and oxygen atoms in total. The van der Waals surface area contributed by atoms with Crippen LogP contribution in [0.15, 0.2) is 24.3 Å². The molecule has 0 amide bonds. The van der Waals surface area contributed by atoms with E-state index >= 15 is 0 Å². The Morgan fingerprint density at radius 3 is 2.47 bits per heavy atom. The van der Waals surface area contributed by atoms with Crippen LogP contribution < -0.4 is 9.47 Å². The lowest BCUT2D eigenvalue weighted by atomic mass is 10.3. The average molecular weight is 250 g/mol. The highest BCUT2D eigenvalue weighted by molar-refractivity contribution is 7.07. The molecule has 0 aliphatic heterocycles. The third-order valence-electron chi connectivity index (χ3n) is 2.01. The Hall–Kier alpha value is -1.62. The first-order chi connectivity index (χ1) is 8.28. The lowest BCUT2D eigenvalue weighted by Gasteiger charge is -2.05. The van der Waals surface area contributed by atoms with E-state index in [2.05, 4.69) is 16.3 Å². The molecule has 0 saturated heterocycles. The van der Waals surface area contributed by atoms with Crippen molar-refractivity contribution in [3.8, 4) is 16.7 Å². The molecule has 1 aromatic carbocycles. The standard InChI is InChI=1S/C12H14N2O2S/c1-3-8-15-10-4-6-11(7-5-10)16-12-13-9(2)14-17-12/h4-7H,3,8H2,1-2H3. The topological polar surface area (TPSA) is 44.2 Å². The highest BCUT2D eigenvalue weighted by atomic mass is 32.1. The van der Waals surface area contributed by atoms with Crippen LogP contribution in [-0.2, 0) is 0 Å². The van der Waals surface area contributed by atoms with E-state index in [9.17, 15) is 0 Å². The molecule has 5 heteroatoms. The molecule has 0 aliphatic rings. The second kappa shape index (κ2) is 5.63. The number of hydrogen-bond donors (Lipinski definition) is 0. The Labute approximate surface area is 104 Å². The molecule has 0 radical (unpaired) electrons. The van der Waals surface area contributed by atoms with Gasteiger partial charge in [0.25, 0.3) is 5.19 Å². The van der Waals surface area contributed by atoms with E-state index in [-0.39, 0.29) is 0 Å². The fourth-order valence-electron chi connectivity index (χ4n) is 1.24. The van der Waals surface area contributed by atoms with Crippen LogP contribution in [0, 0.1) is 6.92 Å². The zero-order valence-corrected chi connectivity index (χ0v) is 10.7. The molecule has 2 rings (SSSR count). The summed E-state index contributed by atoms with van der Waals surface area (Å²) in [6.45, 7) is 4.65. The highest BCUT2D eigenvalue weighted by Gasteiger charge is 2.03. The molecule has 0 saturated carbocycles. The summed E-state index contributed by atoms with van der Waals surface area (Å²) in [6.07, 6.45) is 1.00. The minimum atomic E-state index is 0.560. The lowest BCUT2D eigenvalue weighted by Crippen LogP contribution is -1.94. The molecular weight excluding hydrogens is 236 g/mol. The van der Waals surface area contributed by atoms with Crippen LogP contribution in [0.25, 0.3) is 0 Å². The van der Waals surface area contributed by atoms with Crippen molar-refractivity contribution >= 4 is 11.5 Å². The smallest absolute Gasteiger partial charge is 0.298 e. The highest BCUT2D eigenvalue weighted by Crippen LogP contribution is 2.24. The van der Waals surface area contributed by atoms with Gasteiger partial charge in [-0.2, -0.15) is 9.36 Å². The molecule has 0 bridgehead atoms. The second-order valence-electron chi connectivity index (χ2n) is 3.53. The average Bonchev–Trinajstić information content (AvgIpc) is 2.74. The quantitative estimate of drug-likeness (QED) is 0.815. The first-order valence-electron chi connectivity index (χ1n) is 5.49. The maximum atomic E-state index is 5.55. The van der Waals surface area contributed by atoms with Crippen molar-refractivity contribution in [2.45, 2.75) is 20.3 Å². The number of rotatable bonds is 5. The SMILES string of the molecule is CCCOc1ccc(Oc2nc(C)ns2)cc1. The summed E-state index contributed by atoms with van der Waals surface area (Å²) in [5, 5.41) is 0.560. The minimum absolute atomic E-state index is 0.560. The van der Waals surface area contributed by atoms with Crippen molar-refractivity contribution in [3.05, 3.63) is 30.1 Å². The van der Waals surface area contributed by atoms with E-state index in [1.54, 1.807) is 0 Å². The van der Waals surface area contributed by atoms with Crippen LogP contribution in [0.2, 0.25) is 0 Å².